The largest absolute Gasteiger partial charge is 0.355 e. The van der Waals surface area contributed by atoms with Crippen molar-refractivity contribution in [2.24, 2.45) is 9.98 Å². The SMILES string of the molecule is CN=C(c1ccc(NC(=O)c2ccc(C(=O)Nc3ccc(C(=NC)N(C)Cc4ccccc4)cc3)cc2)cc1)N(C)Cc1ccccc1.Cl.Cl. The predicted octanol–water partition coefficient (Wildman–Crippen LogP) is 8.05. The molecule has 0 atom stereocenters. The molecule has 2 amide bonds. The molecule has 0 radical (unpaired) electrons. The molecule has 0 unspecified atom stereocenters. The van der Waals surface area contributed by atoms with E-state index in [0.29, 0.717) is 22.5 Å². The molecule has 0 aliphatic heterocycles. The Hall–Kier alpha value is -5.44. The maximum absolute atomic E-state index is 13.0. The lowest BCUT2D eigenvalue weighted by Gasteiger charge is -2.21. The van der Waals surface area contributed by atoms with Gasteiger partial charge in [0, 0.05) is 74.9 Å². The van der Waals surface area contributed by atoms with Crippen LogP contribution < -0.4 is 10.6 Å². The van der Waals surface area contributed by atoms with Crippen LogP contribution in [0.2, 0.25) is 0 Å². The number of hydrogen-bond acceptors (Lipinski definition) is 4. The summed E-state index contributed by atoms with van der Waals surface area (Å²) in [5.74, 6) is 1.18. The van der Waals surface area contributed by atoms with Gasteiger partial charge in [0.1, 0.15) is 11.7 Å². The van der Waals surface area contributed by atoms with Crippen molar-refractivity contribution in [2.75, 3.05) is 38.8 Å². The summed E-state index contributed by atoms with van der Waals surface area (Å²) in [6.45, 7) is 1.46. The van der Waals surface area contributed by atoms with Crippen molar-refractivity contribution in [3.63, 3.8) is 0 Å². The first-order chi connectivity index (χ1) is 23.3. The van der Waals surface area contributed by atoms with Crippen LogP contribution in [0.15, 0.2) is 143 Å². The van der Waals surface area contributed by atoms with E-state index in [4.69, 9.17) is 0 Å². The lowest BCUT2D eigenvalue weighted by Crippen LogP contribution is -2.27. The standard InChI is InChI=1S/C40H40N6O2.2ClH/c1-41-37(45(3)27-29-11-7-5-8-12-29)31-19-23-35(24-20-31)43-39(47)33-15-17-34(18-16-33)40(48)44-36-25-21-32(22-26-36)38(42-2)46(4)28-30-13-9-6-10-14-30;;/h5-26H,27-28H2,1-4H3,(H,43,47)(H,44,48);2*1H. The molecule has 0 spiro atoms. The number of nitrogens with one attached hydrogen (secondary N) is 2. The molecule has 0 aliphatic carbocycles. The van der Waals surface area contributed by atoms with Crippen LogP contribution in [0.3, 0.4) is 0 Å². The Labute approximate surface area is 306 Å². The van der Waals surface area contributed by atoms with Crippen molar-refractivity contribution < 1.29 is 9.59 Å². The summed E-state index contributed by atoms with van der Waals surface area (Å²) in [6.07, 6.45) is 0. The molecule has 0 fully saturated rings. The van der Waals surface area contributed by atoms with Crippen molar-refractivity contribution >= 4 is 59.7 Å². The highest BCUT2D eigenvalue weighted by molar-refractivity contribution is 6.08. The minimum atomic E-state index is -0.263. The van der Waals surface area contributed by atoms with E-state index in [1.807, 2.05) is 99.0 Å². The third-order valence-corrected chi connectivity index (χ3v) is 7.88. The molecule has 10 heteroatoms. The first-order valence-corrected chi connectivity index (χ1v) is 15.7. The molecular formula is C40H42Cl2N6O2. The number of rotatable bonds is 10. The van der Waals surface area contributed by atoms with Crippen molar-refractivity contribution in [3.8, 4) is 0 Å². The van der Waals surface area contributed by atoms with E-state index in [9.17, 15) is 9.59 Å². The lowest BCUT2D eigenvalue weighted by molar-refractivity contribution is 0.101. The van der Waals surface area contributed by atoms with Crippen LogP contribution in [0.5, 0.6) is 0 Å². The van der Waals surface area contributed by atoms with Gasteiger partial charge in [-0.3, -0.25) is 19.6 Å². The Kier molecular flexibility index (Phi) is 14.8. The van der Waals surface area contributed by atoms with Crippen molar-refractivity contribution in [3.05, 3.63) is 167 Å². The van der Waals surface area contributed by atoms with Crippen LogP contribution >= 0.6 is 24.8 Å². The predicted molar refractivity (Wildman–Crippen MR) is 210 cm³/mol. The number of amidine groups is 2. The van der Waals surface area contributed by atoms with E-state index in [1.165, 1.54) is 11.1 Å². The molecule has 5 aromatic carbocycles. The number of anilines is 2. The number of carbonyl (C=O) groups is 2. The minimum absolute atomic E-state index is 0. The summed E-state index contributed by atoms with van der Waals surface area (Å²) in [4.78, 5) is 39.1. The molecule has 0 saturated carbocycles. The third kappa shape index (κ3) is 10.3. The highest BCUT2D eigenvalue weighted by Crippen LogP contribution is 2.17. The van der Waals surface area contributed by atoms with Gasteiger partial charge in [-0.05, 0) is 83.9 Å². The molecule has 5 rings (SSSR count). The van der Waals surface area contributed by atoms with Gasteiger partial charge < -0.3 is 20.4 Å². The summed E-state index contributed by atoms with van der Waals surface area (Å²) in [5.41, 5.74) is 6.52. The van der Waals surface area contributed by atoms with Crippen LogP contribution in [-0.4, -0.2) is 61.5 Å². The quantitative estimate of drug-likeness (QED) is 0.114. The van der Waals surface area contributed by atoms with E-state index >= 15 is 0 Å². The van der Waals surface area contributed by atoms with Gasteiger partial charge in [-0.15, -0.1) is 24.8 Å². The number of carbonyl (C=O) groups excluding carboxylic acids is 2. The second kappa shape index (κ2) is 18.9. The molecule has 0 saturated heterocycles. The van der Waals surface area contributed by atoms with Gasteiger partial charge in [0.15, 0.2) is 0 Å². The monoisotopic (exact) mass is 708 g/mol. The molecule has 0 aliphatic rings. The normalized spacial score (nSPS) is 11.0. The first kappa shape index (κ1) is 39.0. The average Bonchev–Trinajstić information content (AvgIpc) is 3.11. The maximum atomic E-state index is 13.0. The van der Waals surface area contributed by atoms with Gasteiger partial charge in [0.05, 0.1) is 0 Å². The van der Waals surface area contributed by atoms with Crippen LogP contribution in [0.25, 0.3) is 0 Å². The number of halogens is 2. The zero-order valence-electron chi connectivity index (χ0n) is 28.5. The molecule has 8 nitrogen and oxygen atoms in total. The highest BCUT2D eigenvalue weighted by atomic mass is 35.5. The lowest BCUT2D eigenvalue weighted by atomic mass is 10.1. The fourth-order valence-corrected chi connectivity index (χ4v) is 5.49. The van der Waals surface area contributed by atoms with Crippen molar-refractivity contribution in [1.29, 1.82) is 0 Å². The fourth-order valence-electron chi connectivity index (χ4n) is 5.49. The van der Waals surface area contributed by atoms with E-state index in [2.05, 4.69) is 54.7 Å². The van der Waals surface area contributed by atoms with Gasteiger partial charge in [0.2, 0.25) is 0 Å². The van der Waals surface area contributed by atoms with Crippen LogP contribution in [0.1, 0.15) is 43.0 Å². The van der Waals surface area contributed by atoms with Gasteiger partial charge in [-0.1, -0.05) is 60.7 Å². The molecule has 0 aromatic heterocycles. The van der Waals surface area contributed by atoms with Gasteiger partial charge in [0.25, 0.3) is 11.8 Å². The Morgan fingerprint density at radius 2 is 0.780 bits per heavy atom. The molecule has 0 heterocycles. The molecule has 2 N–H and O–H groups in total. The van der Waals surface area contributed by atoms with Gasteiger partial charge in [-0.25, -0.2) is 0 Å². The number of hydrogen-bond donors (Lipinski definition) is 2. The van der Waals surface area contributed by atoms with Gasteiger partial charge >= 0.3 is 0 Å². The maximum Gasteiger partial charge on any atom is 0.255 e. The Bertz CT molecular complexity index is 1740. The fraction of sp³-hybridized carbons (Fsp3) is 0.150. The summed E-state index contributed by atoms with van der Waals surface area (Å²) in [7, 11) is 7.57. The Morgan fingerprint density at radius 3 is 1.08 bits per heavy atom. The topological polar surface area (TPSA) is 89.4 Å². The number of aliphatic imine (C=N–C) groups is 2. The molecule has 5 aromatic rings. The third-order valence-electron chi connectivity index (χ3n) is 7.88. The summed E-state index contributed by atoms with van der Waals surface area (Å²) in [5, 5.41) is 5.87. The molecule has 50 heavy (non-hydrogen) atoms. The van der Waals surface area contributed by atoms with Crippen LogP contribution in [-0.2, 0) is 13.1 Å². The zero-order chi connectivity index (χ0) is 33.9. The summed E-state index contributed by atoms with van der Waals surface area (Å²) >= 11 is 0. The second-order valence-corrected chi connectivity index (χ2v) is 11.4. The van der Waals surface area contributed by atoms with Crippen molar-refractivity contribution in [2.45, 2.75) is 13.1 Å². The molecular weight excluding hydrogens is 667 g/mol. The number of amides is 2. The Morgan fingerprint density at radius 1 is 0.480 bits per heavy atom. The Balaban J connectivity index is 0.00000338. The number of nitrogens with zero attached hydrogens (tertiary/aromatic N) is 4. The van der Waals surface area contributed by atoms with E-state index in [1.54, 1.807) is 38.4 Å². The minimum Gasteiger partial charge on any atom is -0.355 e. The van der Waals surface area contributed by atoms with Crippen LogP contribution in [0, 0.1) is 0 Å². The smallest absolute Gasteiger partial charge is 0.255 e. The summed E-state index contributed by atoms with van der Waals surface area (Å²) < 4.78 is 0. The van der Waals surface area contributed by atoms with E-state index < -0.39 is 0 Å². The van der Waals surface area contributed by atoms with Gasteiger partial charge in [-0.2, -0.15) is 0 Å². The molecule has 258 valence electrons. The van der Waals surface area contributed by atoms with E-state index in [-0.39, 0.29) is 36.6 Å². The van der Waals surface area contributed by atoms with E-state index in [0.717, 1.165) is 35.9 Å². The molecule has 0 bridgehead atoms. The summed E-state index contributed by atoms with van der Waals surface area (Å²) in [6, 6.07) is 42.3. The first-order valence-electron chi connectivity index (χ1n) is 15.7. The zero-order valence-corrected chi connectivity index (χ0v) is 30.2. The second-order valence-electron chi connectivity index (χ2n) is 11.4. The number of benzene rings is 5. The average molecular weight is 710 g/mol. The highest BCUT2D eigenvalue weighted by Gasteiger charge is 2.14. The van der Waals surface area contributed by atoms with Crippen molar-refractivity contribution in [1.82, 2.24) is 9.80 Å². The van der Waals surface area contributed by atoms with Crippen LogP contribution in [0.4, 0.5) is 11.4 Å².